The average Bonchev–Trinajstić information content (AvgIpc) is 3.45. The van der Waals surface area contributed by atoms with Crippen LogP contribution in [0.5, 0.6) is 0 Å². The van der Waals surface area contributed by atoms with E-state index in [0.717, 1.165) is 32.1 Å². The molecule has 0 amide bonds. The van der Waals surface area contributed by atoms with Gasteiger partial charge >= 0.3 is 11.9 Å². The van der Waals surface area contributed by atoms with Crippen molar-refractivity contribution in [2.45, 2.75) is 405 Å². The van der Waals surface area contributed by atoms with Gasteiger partial charge in [-0.15, -0.1) is 0 Å². The van der Waals surface area contributed by atoms with Crippen molar-refractivity contribution in [3.8, 4) is 0 Å². The van der Waals surface area contributed by atoms with E-state index in [4.69, 9.17) is 18.5 Å². The fourth-order valence-corrected chi connectivity index (χ4v) is 12.2. The van der Waals surface area contributed by atoms with Crippen LogP contribution in [-0.2, 0) is 32.7 Å². The smallest absolute Gasteiger partial charge is 0.306 e. The third-order valence-electron chi connectivity index (χ3n) is 17.1. The summed E-state index contributed by atoms with van der Waals surface area (Å²) in [6.45, 7) is 4.34. The van der Waals surface area contributed by atoms with E-state index in [1.54, 1.807) is 0 Å². The predicted molar refractivity (Wildman–Crippen MR) is 352 cm³/mol. The quantitative estimate of drug-likeness (QED) is 0.0256. The molecule has 0 aromatic heterocycles. The summed E-state index contributed by atoms with van der Waals surface area (Å²) in [4.78, 5) is 38.0. The highest BCUT2D eigenvalue weighted by Gasteiger charge is 2.22. The molecular weight excluding hydrogens is 1040 g/mol. The Balaban J connectivity index is 3.87. The van der Waals surface area contributed by atoms with Crippen LogP contribution in [0.15, 0.2) is 0 Å². The van der Waals surface area contributed by atoms with E-state index in [9.17, 15) is 19.0 Å². The molecule has 0 aliphatic carbocycles. The fraction of sp³-hybridized carbons (Fsp3) is 0.972. The van der Waals surface area contributed by atoms with E-state index in [1.807, 2.05) is 21.1 Å². The number of nitrogens with zero attached hydrogens (tertiary/aromatic N) is 1. The van der Waals surface area contributed by atoms with Gasteiger partial charge in [-0.2, -0.15) is 0 Å². The van der Waals surface area contributed by atoms with Gasteiger partial charge in [0.05, 0.1) is 27.7 Å². The normalized spacial score (nSPS) is 13.0. The Morgan fingerprint density at radius 2 is 0.549 bits per heavy atom. The second-order valence-electron chi connectivity index (χ2n) is 26.7. The number of hydrogen-bond donors (Lipinski definition) is 0. The molecule has 490 valence electrons. The van der Waals surface area contributed by atoms with Gasteiger partial charge in [-0.3, -0.25) is 14.2 Å². The zero-order chi connectivity index (χ0) is 59.8. The van der Waals surface area contributed by atoms with Crippen LogP contribution >= 0.6 is 7.82 Å². The highest BCUT2D eigenvalue weighted by atomic mass is 31.2. The molecule has 0 aromatic carbocycles. The summed E-state index contributed by atoms with van der Waals surface area (Å²) in [5, 5.41) is 0. The maximum Gasteiger partial charge on any atom is 0.306 e. The van der Waals surface area contributed by atoms with E-state index in [1.165, 1.54) is 334 Å². The zero-order valence-electron chi connectivity index (χ0n) is 56.0. The Kier molecular flexibility index (Phi) is 63.7. The van der Waals surface area contributed by atoms with Gasteiger partial charge in [-0.05, 0) is 12.8 Å². The number of carbonyl (C=O) groups is 2. The summed E-state index contributed by atoms with van der Waals surface area (Å²) in [6.07, 6.45) is 77.9. The molecular formula is C72H144NO8P. The van der Waals surface area contributed by atoms with E-state index < -0.39 is 26.5 Å². The van der Waals surface area contributed by atoms with Crippen LogP contribution in [0.1, 0.15) is 399 Å². The van der Waals surface area contributed by atoms with E-state index in [0.29, 0.717) is 17.4 Å². The number of esters is 2. The number of likely N-dealkylation sites (N-methyl/N-ethyl adjacent to an activating group) is 1. The average molecular weight is 1180 g/mol. The number of unbranched alkanes of at least 4 members (excludes halogenated alkanes) is 56. The molecule has 2 atom stereocenters. The maximum atomic E-state index is 12.9. The molecule has 9 nitrogen and oxygen atoms in total. The van der Waals surface area contributed by atoms with Crippen molar-refractivity contribution in [1.29, 1.82) is 0 Å². The van der Waals surface area contributed by atoms with Crippen LogP contribution in [-0.4, -0.2) is 70.0 Å². The summed E-state index contributed by atoms with van der Waals surface area (Å²) in [5.74, 6) is -0.804. The Labute approximate surface area is 512 Å². The first-order valence-corrected chi connectivity index (χ1v) is 38.2. The molecule has 0 aromatic rings. The number of phosphoric acid groups is 1. The van der Waals surface area contributed by atoms with Gasteiger partial charge in [0.15, 0.2) is 6.10 Å². The van der Waals surface area contributed by atoms with Gasteiger partial charge in [-0.25, -0.2) is 0 Å². The Morgan fingerprint density at radius 1 is 0.329 bits per heavy atom. The zero-order valence-corrected chi connectivity index (χ0v) is 56.9. The van der Waals surface area contributed by atoms with Gasteiger partial charge in [0.2, 0.25) is 0 Å². The van der Waals surface area contributed by atoms with Gasteiger partial charge in [0.25, 0.3) is 7.82 Å². The lowest BCUT2D eigenvalue weighted by molar-refractivity contribution is -0.870. The number of rotatable bonds is 70. The van der Waals surface area contributed by atoms with Crippen LogP contribution in [0.25, 0.3) is 0 Å². The minimum Gasteiger partial charge on any atom is -0.756 e. The van der Waals surface area contributed by atoms with Crippen molar-refractivity contribution in [2.75, 3.05) is 47.5 Å². The van der Waals surface area contributed by atoms with Crippen LogP contribution in [0.4, 0.5) is 0 Å². The second kappa shape index (κ2) is 64.5. The first kappa shape index (κ1) is 81.0. The van der Waals surface area contributed by atoms with Crippen molar-refractivity contribution < 1.29 is 42.1 Å². The molecule has 0 radical (unpaired) electrons. The first-order valence-electron chi connectivity index (χ1n) is 36.7. The lowest BCUT2D eigenvalue weighted by Crippen LogP contribution is -2.37. The fourth-order valence-electron chi connectivity index (χ4n) is 11.5. The maximum absolute atomic E-state index is 12.9. The third kappa shape index (κ3) is 68.1. The van der Waals surface area contributed by atoms with Gasteiger partial charge in [0, 0.05) is 12.8 Å². The summed E-state index contributed by atoms with van der Waals surface area (Å²) < 4.78 is 34.3. The van der Waals surface area contributed by atoms with Crippen molar-refractivity contribution >= 4 is 19.8 Å². The molecule has 82 heavy (non-hydrogen) atoms. The van der Waals surface area contributed by atoms with Crippen molar-refractivity contribution in [3.05, 3.63) is 0 Å². The molecule has 0 N–H and O–H groups in total. The van der Waals surface area contributed by atoms with Crippen molar-refractivity contribution in [3.63, 3.8) is 0 Å². The molecule has 2 unspecified atom stereocenters. The number of ether oxygens (including phenoxy) is 2. The summed E-state index contributed by atoms with van der Waals surface area (Å²) in [6, 6.07) is 0. The molecule has 0 heterocycles. The Hall–Kier alpha value is -0.990. The molecule has 0 saturated carbocycles. The molecule has 0 spiro atoms. The summed E-state index contributed by atoms with van der Waals surface area (Å²) >= 11 is 0. The SMILES string of the molecule is CCCCCCCCCCCCCCCCCCCCCCCCCCCCCCCCCCCCCCCCC(=O)OC(COC(=O)CCCCCCCCCCCCCCCCCCCCCC)COP(=O)([O-])OCC[N+](C)(C)C. The van der Waals surface area contributed by atoms with Crippen molar-refractivity contribution in [1.82, 2.24) is 0 Å². The lowest BCUT2D eigenvalue weighted by Gasteiger charge is -2.28. The Bertz CT molecular complexity index is 1340. The molecule has 0 aliphatic rings. The van der Waals surface area contributed by atoms with E-state index in [2.05, 4.69) is 13.8 Å². The lowest BCUT2D eigenvalue weighted by atomic mass is 10.0. The number of phosphoric ester groups is 1. The molecule has 0 aliphatic heterocycles. The minimum absolute atomic E-state index is 0.0248. The molecule has 0 bridgehead atoms. The summed E-state index contributed by atoms with van der Waals surface area (Å²) in [5.41, 5.74) is 0. The van der Waals surface area contributed by atoms with Gasteiger partial charge < -0.3 is 27.9 Å². The van der Waals surface area contributed by atoms with Gasteiger partial charge in [-0.1, -0.05) is 373 Å². The highest BCUT2D eigenvalue weighted by Crippen LogP contribution is 2.38. The highest BCUT2D eigenvalue weighted by molar-refractivity contribution is 7.45. The first-order chi connectivity index (χ1) is 40.0. The topological polar surface area (TPSA) is 111 Å². The molecule has 0 fully saturated rings. The standard InChI is InChI=1S/C72H144NO8P/c1-6-8-10-12-14-16-18-20-22-24-26-28-29-30-31-32-33-34-35-36-37-38-39-40-41-42-43-44-45-47-49-51-53-55-57-59-61-63-65-72(75)81-70(69-80-82(76,77)79-67-66-73(3,4)5)68-78-71(74)64-62-60-58-56-54-52-50-48-46-27-25-23-21-19-17-15-13-11-9-7-2/h70H,6-69H2,1-5H3. The van der Waals surface area contributed by atoms with Crippen LogP contribution < -0.4 is 4.89 Å². The third-order valence-corrected chi connectivity index (χ3v) is 18.1. The van der Waals surface area contributed by atoms with Crippen LogP contribution in [0.2, 0.25) is 0 Å². The van der Waals surface area contributed by atoms with Crippen LogP contribution in [0, 0.1) is 0 Å². The molecule has 0 saturated heterocycles. The van der Waals surface area contributed by atoms with Gasteiger partial charge in [0.1, 0.15) is 19.8 Å². The molecule has 0 rings (SSSR count). The Morgan fingerprint density at radius 3 is 0.780 bits per heavy atom. The number of hydrogen-bond acceptors (Lipinski definition) is 8. The minimum atomic E-state index is -4.63. The van der Waals surface area contributed by atoms with Crippen molar-refractivity contribution in [2.24, 2.45) is 0 Å². The number of quaternary nitrogens is 1. The largest absolute Gasteiger partial charge is 0.756 e. The second-order valence-corrected chi connectivity index (χ2v) is 28.1. The van der Waals surface area contributed by atoms with Crippen LogP contribution in [0.3, 0.4) is 0 Å². The predicted octanol–water partition coefficient (Wildman–Crippen LogP) is 23.1. The number of carbonyl (C=O) groups excluding carboxylic acids is 2. The summed E-state index contributed by atoms with van der Waals surface area (Å²) in [7, 11) is 1.20. The molecule has 10 heteroatoms. The van der Waals surface area contributed by atoms with E-state index in [-0.39, 0.29) is 32.0 Å². The monoisotopic (exact) mass is 1180 g/mol. The van der Waals surface area contributed by atoms with E-state index >= 15 is 0 Å².